The van der Waals surface area contributed by atoms with Crippen LogP contribution in [0.5, 0.6) is 0 Å². The summed E-state index contributed by atoms with van der Waals surface area (Å²) in [5.74, 6) is -0.985. The van der Waals surface area contributed by atoms with E-state index in [0.717, 1.165) is 37.8 Å². The van der Waals surface area contributed by atoms with E-state index in [9.17, 15) is 13.9 Å². The van der Waals surface area contributed by atoms with Crippen LogP contribution in [0.4, 0.5) is 8.78 Å². The number of halogens is 2. The fourth-order valence-electron chi connectivity index (χ4n) is 1.84. The molecule has 0 bridgehead atoms. The Morgan fingerprint density at radius 1 is 1.12 bits per heavy atom. The molecule has 96 valence electrons. The number of aliphatic hydroxyl groups excluding tert-OH is 1. The fourth-order valence-corrected chi connectivity index (χ4v) is 1.84. The van der Waals surface area contributed by atoms with E-state index in [1.54, 1.807) is 0 Å². The van der Waals surface area contributed by atoms with Crippen molar-refractivity contribution in [1.29, 1.82) is 0 Å². The molecule has 0 aliphatic carbocycles. The van der Waals surface area contributed by atoms with Crippen LogP contribution >= 0.6 is 0 Å². The van der Waals surface area contributed by atoms with Gasteiger partial charge in [-0.1, -0.05) is 32.6 Å². The minimum absolute atomic E-state index is 0.0737. The smallest absolute Gasteiger partial charge is 0.129 e. The summed E-state index contributed by atoms with van der Waals surface area (Å²) in [6, 6.07) is 2.25. The van der Waals surface area contributed by atoms with E-state index in [2.05, 4.69) is 6.92 Å². The molecule has 1 nitrogen and oxygen atoms in total. The second-order valence-corrected chi connectivity index (χ2v) is 4.49. The third-order valence-electron chi connectivity index (χ3n) is 2.97. The van der Waals surface area contributed by atoms with Crippen LogP contribution in [0.3, 0.4) is 0 Å². The average Bonchev–Trinajstić information content (AvgIpc) is 2.29. The highest BCUT2D eigenvalue weighted by atomic mass is 19.1. The maximum absolute atomic E-state index is 13.5. The molecule has 0 fully saturated rings. The fraction of sp³-hybridized carbons (Fsp3) is 0.571. The van der Waals surface area contributed by atoms with Gasteiger partial charge in [-0.25, -0.2) is 8.78 Å². The molecule has 1 rings (SSSR count). The van der Waals surface area contributed by atoms with Crippen molar-refractivity contribution in [3.05, 3.63) is 34.9 Å². The van der Waals surface area contributed by atoms with Gasteiger partial charge >= 0.3 is 0 Å². The van der Waals surface area contributed by atoms with Gasteiger partial charge in [-0.05, 0) is 31.0 Å². The summed E-state index contributed by atoms with van der Waals surface area (Å²) < 4.78 is 26.8. The van der Waals surface area contributed by atoms with E-state index >= 15 is 0 Å². The third kappa shape index (κ3) is 4.08. The van der Waals surface area contributed by atoms with Gasteiger partial charge < -0.3 is 5.11 Å². The number of hydrogen-bond donors (Lipinski definition) is 1. The number of aliphatic hydroxyl groups is 1. The predicted octanol–water partition coefficient (Wildman–Crippen LogP) is 4.28. The lowest BCUT2D eigenvalue weighted by Gasteiger charge is -2.12. The molecule has 0 amide bonds. The molecule has 0 aromatic heterocycles. The van der Waals surface area contributed by atoms with Crippen LogP contribution < -0.4 is 0 Å². The van der Waals surface area contributed by atoms with Crippen molar-refractivity contribution < 1.29 is 13.9 Å². The van der Waals surface area contributed by atoms with Gasteiger partial charge in [0, 0.05) is 5.56 Å². The summed E-state index contributed by atoms with van der Waals surface area (Å²) in [5.41, 5.74) is 0.342. The van der Waals surface area contributed by atoms with Crippen LogP contribution in [0.25, 0.3) is 0 Å². The molecular formula is C14H20F2O. The van der Waals surface area contributed by atoms with Crippen LogP contribution in [-0.2, 0) is 0 Å². The van der Waals surface area contributed by atoms with Crippen molar-refractivity contribution >= 4 is 0 Å². The van der Waals surface area contributed by atoms with Crippen molar-refractivity contribution in [3.8, 4) is 0 Å². The second-order valence-electron chi connectivity index (χ2n) is 4.49. The first-order valence-electron chi connectivity index (χ1n) is 6.19. The summed E-state index contributed by atoms with van der Waals surface area (Å²) in [6.07, 6.45) is 3.66. The molecule has 0 saturated heterocycles. The molecular weight excluding hydrogens is 222 g/mol. The maximum Gasteiger partial charge on any atom is 0.129 e. The van der Waals surface area contributed by atoms with Gasteiger partial charge in [0.2, 0.25) is 0 Å². The monoisotopic (exact) mass is 242 g/mol. The van der Waals surface area contributed by atoms with E-state index in [0.29, 0.717) is 6.42 Å². The molecule has 1 aromatic carbocycles. The minimum atomic E-state index is -0.901. The molecule has 0 heterocycles. The van der Waals surface area contributed by atoms with Crippen LogP contribution in [-0.4, -0.2) is 5.11 Å². The first-order valence-corrected chi connectivity index (χ1v) is 6.19. The Morgan fingerprint density at radius 2 is 1.82 bits per heavy atom. The average molecular weight is 242 g/mol. The van der Waals surface area contributed by atoms with Crippen molar-refractivity contribution in [2.75, 3.05) is 0 Å². The van der Waals surface area contributed by atoms with Crippen molar-refractivity contribution in [3.63, 3.8) is 0 Å². The lowest BCUT2D eigenvalue weighted by atomic mass is 10.0. The summed E-state index contributed by atoms with van der Waals surface area (Å²) >= 11 is 0. The van der Waals surface area contributed by atoms with Crippen LogP contribution in [0.1, 0.15) is 56.3 Å². The van der Waals surface area contributed by atoms with E-state index in [4.69, 9.17) is 0 Å². The first kappa shape index (κ1) is 14.1. The number of benzene rings is 1. The summed E-state index contributed by atoms with van der Waals surface area (Å²) in [5, 5.41) is 9.81. The van der Waals surface area contributed by atoms with E-state index in [1.807, 2.05) is 0 Å². The Balaban J connectivity index is 2.62. The maximum atomic E-state index is 13.5. The molecule has 0 saturated carbocycles. The van der Waals surface area contributed by atoms with Gasteiger partial charge in [0.1, 0.15) is 11.6 Å². The van der Waals surface area contributed by atoms with E-state index < -0.39 is 17.7 Å². The Hall–Kier alpha value is -0.960. The van der Waals surface area contributed by atoms with Gasteiger partial charge in [-0.15, -0.1) is 0 Å². The predicted molar refractivity (Wildman–Crippen MR) is 64.8 cm³/mol. The highest BCUT2D eigenvalue weighted by molar-refractivity contribution is 5.26. The number of rotatable bonds is 6. The highest BCUT2D eigenvalue weighted by Crippen LogP contribution is 2.24. The molecule has 1 N–H and O–H groups in total. The lowest BCUT2D eigenvalue weighted by molar-refractivity contribution is 0.158. The normalized spacial score (nSPS) is 12.8. The number of unbranched alkanes of at least 4 members (excludes halogenated alkanes) is 3. The zero-order valence-electron chi connectivity index (χ0n) is 10.5. The lowest BCUT2D eigenvalue weighted by Crippen LogP contribution is -2.03. The molecule has 0 aliphatic rings. The third-order valence-corrected chi connectivity index (χ3v) is 2.97. The topological polar surface area (TPSA) is 20.2 Å². The summed E-state index contributed by atoms with van der Waals surface area (Å²) in [6.45, 7) is 3.61. The van der Waals surface area contributed by atoms with Crippen LogP contribution in [0.2, 0.25) is 0 Å². The minimum Gasteiger partial charge on any atom is -0.388 e. The molecule has 17 heavy (non-hydrogen) atoms. The number of aryl methyl sites for hydroxylation is 1. The summed E-state index contributed by atoms with van der Waals surface area (Å²) in [7, 11) is 0. The van der Waals surface area contributed by atoms with Crippen molar-refractivity contribution in [2.24, 2.45) is 0 Å². The van der Waals surface area contributed by atoms with Gasteiger partial charge in [-0.3, -0.25) is 0 Å². The van der Waals surface area contributed by atoms with Crippen molar-refractivity contribution in [2.45, 2.75) is 52.1 Å². The van der Waals surface area contributed by atoms with Gasteiger partial charge in [-0.2, -0.15) is 0 Å². The molecule has 3 heteroatoms. The zero-order chi connectivity index (χ0) is 12.8. The van der Waals surface area contributed by atoms with Gasteiger partial charge in [0.15, 0.2) is 0 Å². The van der Waals surface area contributed by atoms with Gasteiger partial charge in [0.25, 0.3) is 0 Å². The Morgan fingerprint density at radius 3 is 2.47 bits per heavy atom. The molecule has 1 aromatic rings. The second kappa shape index (κ2) is 6.70. The first-order chi connectivity index (χ1) is 8.06. The van der Waals surface area contributed by atoms with Crippen molar-refractivity contribution in [1.82, 2.24) is 0 Å². The standard InChI is InChI=1S/C14H20F2O/c1-3-4-5-6-7-14(17)11-9-12(15)10(2)8-13(11)16/h8-9,14,17H,3-7H2,1-2H3. The molecule has 0 aliphatic heterocycles. The quantitative estimate of drug-likeness (QED) is 0.738. The Kier molecular flexibility index (Phi) is 5.56. The summed E-state index contributed by atoms with van der Waals surface area (Å²) in [4.78, 5) is 0. The van der Waals surface area contributed by atoms with E-state index in [-0.39, 0.29) is 11.1 Å². The van der Waals surface area contributed by atoms with Crippen LogP contribution in [0, 0.1) is 18.6 Å². The highest BCUT2D eigenvalue weighted by Gasteiger charge is 2.14. The number of hydrogen-bond acceptors (Lipinski definition) is 1. The zero-order valence-corrected chi connectivity index (χ0v) is 10.5. The van der Waals surface area contributed by atoms with Crippen LogP contribution in [0.15, 0.2) is 12.1 Å². The molecule has 0 radical (unpaired) electrons. The molecule has 1 unspecified atom stereocenters. The Labute approximate surface area is 101 Å². The molecule has 0 spiro atoms. The van der Waals surface area contributed by atoms with E-state index in [1.165, 1.54) is 6.92 Å². The molecule has 1 atom stereocenters. The largest absolute Gasteiger partial charge is 0.388 e. The van der Waals surface area contributed by atoms with Gasteiger partial charge in [0.05, 0.1) is 6.10 Å². The Bertz CT molecular complexity index is 363. The SMILES string of the molecule is CCCCCCC(O)c1cc(F)c(C)cc1F.